The van der Waals surface area contributed by atoms with Crippen LogP contribution in [-0.4, -0.2) is 20.4 Å². The zero-order chi connectivity index (χ0) is 17.2. The maximum absolute atomic E-state index is 12.5. The van der Waals surface area contributed by atoms with Gasteiger partial charge in [-0.25, -0.2) is 9.97 Å². The monoisotopic (exact) mass is 352 g/mol. The number of halogens is 3. The van der Waals surface area contributed by atoms with Crippen LogP contribution in [0.4, 0.5) is 18.3 Å². The van der Waals surface area contributed by atoms with Crippen molar-refractivity contribution in [2.45, 2.75) is 12.7 Å². The highest BCUT2D eigenvalue weighted by molar-refractivity contribution is 7.14. The van der Waals surface area contributed by atoms with Crippen LogP contribution in [0, 0.1) is 0 Å². The molecular formula is C15H11F3N4OS. The van der Waals surface area contributed by atoms with E-state index in [0.717, 1.165) is 22.3 Å². The third-order valence-electron chi connectivity index (χ3n) is 3.16. The topological polar surface area (TPSA) is 59.8 Å². The molecule has 0 saturated heterocycles. The molecule has 0 saturated carbocycles. The van der Waals surface area contributed by atoms with Crippen LogP contribution in [0.2, 0.25) is 0 Å². The van der Waals surface area contributed by atoms with Gasteiger partial charge in [-0.05, 0) is 17.7 Å². The number of hydrogen-bond acceptors (Lipinski definition) is 4. The number of carbonyl (C=O) groups excluding carboxylic acids is 1. The van der Waals surface area contributed by atoms with Crippen LogP contribution in [0.1, 0.15) is 21.6 Å². The fourth-order valence-corrected chi connectivity index (χ4v) is 2.70. The smallest absolute Gasteiger partial charge is 0.333 e. The Bertz CT molecular complexity index is 825. The molecule has 0 spiro atoms. The second-order valence-corrected chi connectivity index (χ2v) is 5.78. The number of carbonyl (C=O) groups is 1. The highest BCUT2D eigenvalue weighted by atomic mass is 32.1. The van der Waals surface area contributed by atoms with Crippen molar-refractivity contribution < 1.29 is 18.0 Å². The Hall–Kier alpha value is -2.68. The molecule has 0 aliphatic rings. The summed E-state index contributed by atoms with van der Waals surface area (Å²) in [5, 5.41) is 3.15. The van der Waals surface area contributed by atoms with E-state index in [9.17, 15) is 18.0 Å². The highest BCUT2D eigenvalue weighted by Crippen LogP contribution is 2.31. The minimum atomic E-state index is -4.52. The molecule has 0 radical (unpaired) electrons. The number of hydrogen-bond donors (Lipinski definition) is 1. The Morgan fingerprint density at radius 3 is 2.58 bits per heavy atom. The van der Waals surface area contributed by atoms with E-state index in [-0.39, 0.29) is 5.13 Å². The summed E-state index contributed by atoms with van der Waals surface area (Å²) in [7, 11) is 0. The largest absolute Gasteiger partial charge is 0.434 e. The molecule has 1 amide bonds. The van der Waals surface area contributed by atoms with Crippen LogP contribution in [0.3, 0.4) is 0 Å². The first-order valence-electron chi connectivity index (χ1n) is 6.80. The molecule has 1 aromatic carbocycles. The number of thiazole rings is 1. The number of nitrogens with zero attached hydrogens (tertiary/aromatic N) is 3. The Balaban J connectivity index is 1.65. The van der Waals surface area contributed by atoms with E-state index in [0.29, 0.717) is 12.1 Å². The molecule has 9 heteroatoms. The first-order chi connectivity index (χ1) is 11.4. The van der Waals surface area contributed by atoms with Crippen molar-refractivity contribution in [2.75, 3.05) is 5.32 Å². The highest BCUT2D eigenvalue weighted by Gasteiger charge is 2.33. The summed E-state index contributed by atoms with van der Waals surface area (Å²) in [4.78, 5) is 19.4. The van der Waals surface area contributed by atoms with Gasteiger partial charge < -0.3 is 4.57 Å². The molecule has 2 aromatic heterocycles. The second kappa shape index (κ2) is 6.44. The van der Waals surface area contributed by atoms with Gasteiger partial charge in [0.2, 0.25) is 0 Å². The van der Waals surface area contributed by atoms with E-state index in [2.05, 4.69) is 15.3 Å². The number of amides is 1. The van der Waals surface area contributed by atoms with E-state index >= 15 is 0 Å². The molecule has 0 unspecified atom stereocenters. The van der Waals surface area contributed by atoms with Gasteiger partial charge in [-0.1, -0.05) is 12.1 Å². The zero-order valence-electron chi connectivity index (χ0n) is 12.1. The molecular weight excluding hydrogens is 341 g/mol. The zero-order valence-corrected chi connectivity index (χ0v) is 12.9. The van der Waals surface area contributed by atoms with Gasteiger partial charge in [-0.2, -0.15) is 13.2 Å². The van der Waals surface area contributed by atoms with E-state index < -0.39 is 17.8 Å². The van der Waals surface area contributed by atoms with E-state index in [1.165, 1.54) is 0 Å². The Labute approximate surface area is 138 Å². The lowest BCUT2D eigenvalue weighted by atomic mass is 10.1. The lowest BCUT2D eigenvalue weighted by molar-refractivity contribution is -0.140. The first kappa shape index (κ1) is 16.2. The quantitative estimate of drug-likeness (QED) is 0.780. The molecule has 5 nitrogen and oxygen atoms in total. The molecule has 124 valence electrons. The molecule has 3 aromatic rings. The Kier molecular flexibility index (Phi) is 4.34. The van der Waals surface area contributed by atoms with Gasteiger partial charge in [0.25, 0.3) is 5.91 Å². The molecule has 1 N–H and O–H groups in total. The minimum Gasteiger partial charge on any atom is -0.333 e. The average Bonchev–Trinajstić information content (AvgIpc) is 3.19. The van der Waals surface area contributed by atoms with E-state index in [1.54, 1.807) is 36.8 Å². The number of anilines is 1. The van der Waals surface area contributed by atoms with Crippen molar-refractivity contribution in [3.8, 4) is 0 Å². The number of aromatic nitrogens is 3. The van der Waals surface area contributed by atoms with E-state index in [4.69, 9.17) is 0 Å². The van der Waals surface area contributed by atoms with E-state index in [1.807, 2.05) is 10.8 Å². The van der Waals surface area contributed by atoms with Gasteiger partial charge in [0.15, 0.2) is 10.8 Å². The number of benzene rings is 1. The van der Waals surface area contributed by atoms with Crippen molar-refractivity contribution in [1.29, 1.82) is 0 Å². The summed E-state index contributed by atoms with van der Waals surface area (Å²) in [6, 6.07) is 6.77. The van der Waals surface area contributed by atoms with Crippen LogP contribution >= 0.6 is 11.3 Å². The van der Waals surface area contributed by atoms with Crippen LogP contribution in [0.25, 0.3) is 0 Å². The summed E-state index contributed by atoms with van der Waals surface area (Å²) in [5.74, 6) is -0.507. The standard InChI is InChI=1S/C15H11F3N4OS/c16-15(17,18)12-8-24-14(20-12)21-13(23)11-3-1-10(2-4-11)7-22-6-5-19-9-22/h1-6,8-9H,7H2,(H,20,21,23). The second-order valence-electron chi connectivity index (χ2n) is 4.92. The van der Waals surface area contributed by atoms with Crippen LogP contribution in [0.5, 0.6) is 0 Å². The summed E-state index contributed by atoms with van der Waals surface area (Å²) in [6.45, 7) is 0.614. The normalized spacial score (nSPS) is 11.5. The van der Waals surface area contributed by atoms with Crippen LogP contribution in [0.15, 0.2) is 48.4 Å². The number of alkyl halides is 3. The summed E-state index contributed by atoms with van der Waals surface area (Å²) >= 11 is 0.732. The fourth-order valence-electron chi connectivity index (χ4n) is 1.98. The summed E-state index contributed by atoms with van der Waals surface area (Å²) < 4.78 is 39.3. The Morgan fingerprint density at radius 2 is 2.00 bits per heavy atom. The lowest BCUT2D eigenvalue weighted by Crippen LogP contribution is -2.12. The van der Waals surface area contributed by atoms with Crippen LogP contribution < -0.4 is 5.32 Å². The van der Waals surface area contributed by atoms with Crippen molar-refractivity contribution in [1.82, 2.24) is 14.5 Å². The number of rotatable bonds is 4. The van der Waals surface area contributed by atoms with Gasteiger partial charge in [0.05, 0.1) is 6.33 Å². The molecule has 0 bridgehead atoms. The summed E-state index contributed by atoms with van der Waals surface area (Å²) in [6.07, 6.45) is 0.655. The van der Waals surface area contributed by atoms with Crippen molar-refractivity contribution >= 4 is 22.4 Å². The maximum Gasteiger partial charge on any atom is 0.434 e. The number of imidazole rings is 1. The summed E-state index contributed by atoms with van der Waals surface area (Å²) in [5.41, 5.74) is 0.296. The molecule has 0 fully saturated rings. The molecule has 2 heterocycles. The van der Waals surface area contributed by atoms with Crippen molar-refractivity contribution in [3.05, 3.63) is 65.2 Å². The molecule has 0 atom stereocenters. The van der Waals surface area contributed by atoms with Crippen molar-refractivity contribution in [2.24, 2.45) is 0 Å². The van der Waals surface area contributed by atoms with Crippen LogP contribution in [-0.2, 0) is 12.7 Å². The molecule has 3 rings (SSSR count). The molecule has 0 aliphatic heterocycles. The van der Waals surface area contributed by atoms with Gasteiger partial charge in [-0.3, -0.25) is 10.1 Å². The predicted octanol–water partition coefficient (Wildman–Crippen LogP) is 3.66. The SMILES string of the molecule is O=C(Nc1nc(C(F)(F)F)cs1)c1ccc(Cn2ccnc2)cc1. The Morgan fingerprint density at radius 1 is 1.25 bits per heavy atom. The maximum atomic E-state index is 12.5. The molecule has 24 heavy (non-hydrogen) atoms. The number of nitrogens with one attached hydrogen (secondary N) is 1. The van der Waals surface area contributed by atoms with Gasteiger partial charge in [0, 0.05) is 29.9 Å². The van der Waals surface area contributed by atoms with Crippen molar-refractivity contribution in [3.63, 3.8) is 0 Å². The fraction of sp³-hybridized carbons (Fsp3) is 0.133. The lowest BCUT2D eigenvalue weighted by Gasteiger charge is -2.05. The minimum absolute atomic E-state index is 0.0881. The third-order valence-corrected chi connectivity index (χ3v) is 3.91. The molecule has 0 aliphatic carbocycles. The first-order valence-corrected chi connectivity index (χ1v) is 7.68. The third kappa shape index (κ3) is 3.80. The van der Waals surface area contributed by atoms with Gasteiger partial charge in [-0.15, -0.1) is 11.3 Å². The average molecular weight is 352 g/mol. The van der Waals surface area contributed by atoms with Gasteiger partial charge >= 0.3 is 6.18 Å². The van der Waals surface area contributed by atoms with Gasteiger partial charge in [0.1, 0.15) is 0 Å². The predicted molar refractivity (Wildman–Crippen MR) is 82.8 cm³/mol.